The Hall–Kier alpha value is -1.80. The van der Waals surface area contributed by atoms with Gasteiger partial charge in [0.15, 0.2) is 0 Å². The van der Waals surface area contributed by atoms with E-state index in [1.165, 1.54) is 16.7 Å². The number of hydrogen-bond donors (Lipinski definition) is 0. The Labute approximate surface area is 121 Å². The Morgan fingerprint density at radius 3 is 2.26 bits per heavy atom. The SMILES string of the molecule is Brc1ccc(-c2ccn(Cc3ccccc3)c2)cc1. The summed E-state index contributed by atoms with van der Waals surface area (Å²) in [6, 6.07) is 21.1. The molecular weight excluding hydrogens is 298 g/mol. The molecule has 1 nitrogen and oxygen atoms in total. The van der Waals surface area contributed by atoms with E-state index in [0.29, 0.717) is 0 Å². The molecule has 0 aliphatic rings. The highest BCUT2D eigenvalue weighted by molar-refractivity contribution is 9.10. The number of halogens is 1. The fraction of sp³-hybridized carbons (Fsp3) is 0.0588. The van der Waals surface area contributed by atoms with E-state index in [0.717, 1.165) is 11.0 Å². The summed E-state index contributed by atoms with van der Waals surface area (Å²) in [4.78, 5) is 0. The number of benzene rings is 2. The predicted octanol–water partition coefficient (Wildman–Crippen LogP) is 4.97. The molecule has 0 N–H and O–H groups in total. The lowest BCUT2D eigenvalue weighted by Gasteiger charge is -2.02. The summed E-state index contributed by atoms with van der Waals surface area (Å²) in [7, 11) is 0. The molecule has 3 aromatic rings. The molecule has 94 valence electrons. The van der Waals surface area contributed by atoms with Crippen molar-refractivity contribution in [2.24, 2.45) is 0 Å². The number of rotatable bonds is 3. The minimum absolute atomic E-state index is 0.914. The van der Waals surface area contributed by atoms with Gasteiger partial charge >= 0.3 is 0 Å². The number of aromatic nitrogens is 1. The van der Waals surface area contributed by atoms with Gasteiger partial charge in [-0.15, -0.1) is 0 Å². The number of nitrogens with zero attached hydrogens (tertiary/aromatic N) is 1. The van der Waals surface area contributed by atoms with Crippen molar-refractivity contribution in [3.8, 4) is 11.1 Å². The lowest BCUT2D eigenvalue weighted by molar-refractivity contribution is 0.807. The first-order chi connectivity index (χ1) is 9.31. The molecule has 0 saturated carbocycles. The van der Waals surface area contributed by atoms with Gasteiger partial charge in [0, 0.05) is 23.4 Å². The van der Waals surface area contributed by atoms with E-state index >= 15 is 0 Å². The Kier molecular flexibility index (Phi) is 3.51. The molecule has 0 aliphatic heterocycles. The van der Waals surface area contributed by atoms with Crippen LogP contribution in [-0.2, 0) is 6.54 Å². The zero-order chi connectivity index (χ0) is 13.1. The molecule has 19 heavy (non-hydrogen) atoms. The Morgan fingerprint density at radius 1 is 0.789 bits per heavy atom. The maximum absolute atomic E-state index is 3.46. The molecule has 0 fully saturated rings. The monoisotopic (exact) mass is 311 g/mol. The van der Waals surface area contributed by atoms with E-state index in [4.69, 9.17) is 0 Å². The molecule has 0 amide bonds. The van der Waals surface area contributed by atoms with Crippen molar-refractivity contribution in [3.05, 3.63) is 83.1 Å². The first-order valence-corrected chi connectivity index (χ1v) is 7.06. The van der Waals surface area contributed by atoms with Crippen LogP contribution in [0.1, 0.15) is 5.56 Å². The average molecular weight is 312 g/mol. The first kappa shape index (κ1) is 12.2. The van der Waals surface area contributed by atoms with Gasteiger partial charge in [-0.3, -0.25) is 0 Å². The zero-order valence-corrected chi connectivity index (χ0v) is 12.0. The molecule has 0 aliphatic carbocycles. The summed E-state index contributed by atoms with van der Waals surface area (Å²) in [5.41, 5.74) is 3.82. The third kappa shape index (κ3) is 2.96. The fourth-order valence-electron chi connectivity index (χ4n) is 2.15. The zero-order valence-electron chi connectivity index (χ0n) is 10.5. The minimum Gasteiger partial charge on any atom is -0.349 e. The van der Waals surface area contributed by atoms with Gasteiger partial charge in [-0.05, 0) is 34.9 Å². The molecule has 0 saturated heterocycles. The van der Waals surface area contributed by atoms with E-state index < -0.39 is 0 Å². The van der Waals surface area contributed by atoms with Crippen molar-refractivity contribution < 1.29 is 0 Å². The highest BCUT2D eigenvalue weighted by Crippen LogP contribution is 2.22. The molecule has 0 bridgehead atoms. The fourth-order valence-corrected chi connectivity index (χ4v) is 2.41. The Morgan fingerprint density at radius 2 is 1.53 bits per heavy atom. The van der Waals surface area contributed by atoms with Crippen molar-refractivity contribution in [3.63, 3.8) is 0 Å². The van der Waals surface area contributed by atoms with Crippen LogP contribution in [0.3, 0.4) is 0 Å². The molecule has 0 radical (unpaired) electrons. The molecule has 0 spiro atoms. The summed E-state index contributed by atoms with van der Waals surface area (Å²) in [6.07, 6.45) is 4.32. The van der Waals surface area contributed by atoms with Crippen molar-refractivity contribution in [2.45, 2.75) is 6.54 Å². The van der Waals surface area contributed by atoms with E-state index in [-0.39, 0.29) is 0 Å². The van der Waals surface area contributed by atoms with Crippen LogP contribution in [0.15, 0.2) is 77.5 Å². The summed E-state index contributed by atoms with van der Waals surface area (Å²) < 4.78 is 3.33. The minimum atomic E-state index is 0.914. The second-order valence-electron chi connectivity index (χ2n) is 4.57. The third-order valence-corrected chi connectivity index (χ3v) is 3.66. The van der Waals surface area contributed by atoms with E-state index in [9.17, 15) is 0 Å². The molecule has 2 heteroatoms. The number of hydrogen-bond acceptors (Lipinski definition) is 0. The highest BCUT2D eigenvalue weighted by Gasteiger charge is 2.01. The van der Waals surface area contributed by atoms with Crippen molar-refractivity contribution in [1.82, 2.24) is 4.57 Å². The lowest BCUT2D eigenvalue weighted by atomic mass is 10.1. The van der Waals surface area contributed by atoms with Crippen LogP contribution < -0.4 is 0 Å². The van der Waals surface area contributed by atoms with Crippen LogP contribution in [0.4, 0.5) is 0 Å². The highest BCUT2D eigenvalue weighted by atomic mass is 79.9. The largest absolute Gasteiger partial charge is 0.349 e. The topological polar surface area (TPSA) is 4.93 Å². The van der Waals surface area contributed by atoms with E-state index in [1.807, 2.05) is 6.07 Å². The molecule has 1 aromatic heterocycles. The molecule has 1 heterocycles. The van der Waals surface area contributed by atoms with Crippen LogP contribution in [-0.4, -0.2) is 4.57 Å². The van der Waals surface area contributed by atoms with Crippen molar-refractivity contribution in [1.29, 1.82) is 0 Å². The normalized spacial score (nSPS) is 10.6. The van der Waals surface area contributed by atoms with Gasteiger partial charge in [-0.25, -0.2) is 0 Å². The second kappa shape index (κ2) is 5.45. The van der Waals surface area contributed by atoms with Gasteiger partial charge < -0.3 is 4.57 Å². The molecule has 2 aromatic carbocycles. The van der Waals surface area contributed by atoms with Gasteiger partial charge in [0.2, 0.25) is 0 Å². The third-order valence-electron chi connectivity index (χ3n) is 3.14. The molecule has 0 atom stereocenters. The summed E-state index contributed by atoms with van der Waals surface area (Å²) in [6.45, 7) is 0.914. The Bertz CT molecular complexity index is 653. The Balaban J connectivity index is 1.82. The molecular formula is C17H14BrN. The average Bonchev–Trinajstić information content (AvgIpc) is 2.89. The maximum Gasteiger partial charge on any atom is 0.0470 e. The summed E-state index contributed by atoms with van der Waals surface area (Å²) in [5, 5.41) is 0. The quantitative estimate of drug-likeness (QED) is 0.644. The van der Waals surface area contributed by atoms with Gasteiger partial charge in [0.05, 0.1) is 0 Å². The lowest BCUT2D eigenvalue weighted by Crippen LogP contribution is -1.95. The van der Waals surface area contributed by atoms with E-state index in [2.05, 4.69) is 87.5 Å². The van der Waals surface area contributed by atoms with Crippen LogP contribution in [0.2, 0.25) is 0 Å². The van der Waals surface area contributed by atoms with Gasteiger partial charge in [0.1, 0.15) is 0 Å². The van der Waals surface area contributed by atoms with E-state index in [1.54, 1.807) is 0 Å². The van der Waals surface area contributed by atoms with Crippen molar-refractivity contribution >= 4 is 15.9 Å². The van der Waals surface area contributed by atoms with Crippen LogP contribution in [0.5, 0.6) is 0 Å². The molecule has 3 rings (SSSR count). The molecule has 0 unspecified atom stereocenters. The smallest absolute Gasteiger partial charge is 0.0470 e. The van der Waals surface area contributed by atoms with Crippen molar-refractivity contribution in [2.75, 3.05) is 0 Å². The van der Waals surface area contributed by atoms with Gasteiger partial charge in [0.25, 0.3) is 0 Å². The summed E-state index contributed by atoms with van der Waals surface area (Å²) in [5.74, 6) is 0. The second-order valence-corrected chi connectivity index (χ2v) is 5.48. The van der Waals surface area contributed by atoms with Gasteiger partial charge in [-0.2, -0.15) is 0 Å². The van der Waals surface area contributed by atoms with Gasteiger partial charge in [-0.1, -0.05) is 58.4 Å². The van der Waals surface area contributed by atoms with Crippen LogP contribution in [0, 0.1) is 0 Å². The van der Waals surface area contributed by atoms with Crippen LogP contribution in [0.25, 0.3) is 11.1 Å². The standard InChI is InChI=1S/C17H14BrN/c18-17-8-6-15(7-9-17)16-10-11-19(13-16)12-14-4-2-1-3-5-14/h1-11,13H,12H2. The van der Waals surface area contributed by atoms with Crippen LogP contribution >= 0.6 is 15.9 Å². The predicted molar refractivity (Wildman–Crippen MR) is 83.1 cm³/mol. The first-order valence-electron chi connectivity index (χ1n) is 6.27. The summed E-state index contributed by atoms with van der Waals surface area (Å²) >= 11 is 3.46. The maximum atomic E-state index is 3.46.